The number of benzene rings is 3. The Morgan fingerprint density at radius 1 is 1.00 bits per heavy atom. The standard InChI is InChI=1S/C23H16INO4/c1-28-16-10-11-21-18(12-16)20(26)13-22(29-21)14-6-8-15(9-7-14)25-23(27)17-4-2-3-5-19(17)24/h2-13H,1H3,(H,25,27). The SMILES string of the molecule is COc1ccc2oc(-c3ccc(NC(=O)c4ccccc4I)cc3)cc(=O)c2c1. The van der Waals surface area contributed by atoms with Crippen molar-refractivity contribution in [2.75, 3.05) is 12.4 Å². The lowest BCUT2D eigenvalue weighted by Crippen LogP contribution is -2.13. The summed E-state index contributed by atoms with van der Waals surface area (Å²) >= 11 is 2.13. The number of ether oxygens (including phenoxy) is 1. The van der Waals surface area contributed by atoms with E-state index in [0.717, 1.165) is 9.13 Å². The highest BCUT2D eigenvalue weighted by molar-refractivity contribution is 14.1. The Labute approximate surface area is 180 Å². The summed E-state index contributed by atoms with van der Waals surface area (Å²) in [5, 5.41) is 3.35. The minimum atomic E-state index is -0.172. The van der Waals surface area contributed by atoms with E-state index in [0.29, 0.717) is 33.7 Å². The fraction of sp³-hybridized carbons (Fsp3) is 0.0435. The minimum absolute atomic E-state index is 0.142. The summed E-state index contributed by atoms with van der Waals surface area (Å²) in [6.07, 6.45) is 0. The lowest BCUT2D eigenvalue weighted by atomic mass is 10.1. The molecule has 0 aliphatic heterocycles. The van der Waals surface area contributed by atoms with Gasteiger partial charge in [0.15, 0.2) is 5.43 Å². The number of carbonyl (C=O) groups excluding carboxylic acids is 1. The van der Waals surface area contributed by atoms with Crippen LogP contribution in [0.1, 0.15) is 10.4 Å². The van der Waals surface area contributed by atoms with Crippen molar-refractivity contribution in [1.82, 2.24) is 0 Å². The van der Waals surface area contributed by atoms with Crippen LogP contribution in [0.15, 0.2) is 82.0 Å². The third-order valence-corrected chi connectivity index (χ3v) is 5.42. The number of hydrogen-bond donors (Lipinski definition) is 1. The summed E-state index contributed by atoms with van der Waals surface area (Å²) in [7, 11) is 1.55. The van der Waals surface area contributed by atoms with Crippen LogP contribution in [0.3, 0.4) is 0 Å². The number of hydrogen-bond acceptors (Lipinski definition) is 4. The van der Waals surface area contributed by atoms with Crippen molar-refractivity contribution in [1.29, 1.82) is 0 Å². The smallest absolute Gasteiger partial charge is 0.256 e. The molecule has 0 aliphatic rings. The zero-order valence-electron chi connectivity index (χ0n) is 15.4. The first-order valence-corrected chi connectivity index (χ1v) is 9.91. The summed E-state index contributed by atoms with van der Waals surface area (Å²) in [6, 6.07) is 21.1. The average Bonchev–Trinajstić information content (AvgIpc) is 2.74. The Morgan fingerprint density at radius 3 is 2.48 bits per heavy atom. The minimum Gasteiger partial charge on any atom is -0.497 e. The molecule has 0 aliphatic carbocycles. The number of fused-ring (bicyclic) bond motifs is 1. The highest BCUT2D eigenvalue weighted by Gasteiger charge is 2.11. The van der Waals surface area contributed by atoms with E-state index in [9.17, 15) is 9.59 Å². The summed E-state index contributed by atoms with van der Waals surface area (Å²) < 4.78 is 11.9. The fourth-order valence-electron chi connectivity index (χ4n) is 2.97. The summed E-state index contributed by atoms with van der Waals surface area (Å²) in [4.78, 5) is 24.9. The predicted octanol–water partition coefficient (Wildman–Crippen LogP) is 5.33. The lowest BCUT2D eigenvalue weighted by Gasteiger charge is -2.08. The summed E-state index contributed by atoms with van der Waals surface area (Å²) in [5.74, 6) is 0.891. The first-order chi connectivity index (χ1) is 14.0. The van der Waals surface area contributed by atoms with E-state index in [-0.39, 0.29) is 11.3 Å². The van der Waals surface area contributed by atoms with Gasteiger partial charge in [-0.25, -0.2) is 0 Å². The van der Waals surface area contributed by atoms with Gasteiger partial charge in [0.25, 0.3) is 5.91 Å². The molecule has 0 spiro atoms. The van der Waals surface area contributed by atoms with E-state index < -0.39 is 0 Å². The summed E-state index contributed by atoms with van der Waals surface area (Å²) in [5.41, 5.74) is 2.37. The van der Waals surface area contributed by atoms with Crippen LogP contribution in [-0.4, -0.2) is 13.0 Å². The summed E-state index contributed by atoms with van der Waals surface area (Å²) in [6.45, 7) is 0. The van der Waals surface area contributed by atoms with Crippen molar-refractivity contribution in [2.45, 2.75) is 0 Å². The second-order valence-electron chi connectivity index (χ2n) is 6.35. The molecule has 6 heteroatoms. The van der Waals surface area contributed by atoms with Gasteiger partial charge in [0.2, 0.25) is 0 Å². The van der Waals surface area contributed by atoms with E-state index >= 15 is 0 Å². The van der Waals surface area contributed by atoms with Crippen molar-refractivity contribution in [3.8, 4) is 17.1 Å². The molecule has 0 unspecified atom stereocenters. The van der Waals surface area contributed by atoms with Crippen LogP contribution in [0.2, 0.25) is 0 Å². The zero-order chi connectivity index (χ0) is 20.4. The Kier molecular flexibility index (Phi) is 5.35. The molecule has 4 aromatic rings. The number of methoxy groups -OCH3 is 1. The zero-order valence-corrected chi connectivity index (χ0v) is 17.6. The molecule has 29 heavy (non-hydrogen) atoms. The van der Waals surface area contributed by atoms with Crippen molar-refractivity contribution >= 4 is 45.2 Å². The third kappa shape index (κ3) is 4.02. The van der Waals surface area contributed by atoms with Crippen LogP contribution in [0.4, 0.5) is 5.69 Å². The van der Waals surface area contributed by atoms with Gasteiger partial charge in [-0.3, -0.25) is 9.59 Å². The number of halogens is 1. The van der Waals surface area contributed by atoms with Crippen LogP contribution >= 0.6 is 22.6 Å². The van der Waals surface area contributed by atoms with Crippen LogP contribution in [-0.2, 0) is 0 Å². The highest BCUT2D eigenvalue weighted by atomic mass is 127. The van der Waals surface area contributed by atoms with Gasteiger partial charge in [0.05, 0.1) is 18.1 Å². The van der Waals surface area contributed by atoms with Gasteiger partial charge < -0.3 is 14.5 Å². The van der Waals surface area contributed by atoms with Gasteiger partial charge in [0.1, 0.15) is 17.1 Å². The molecule has 0 atom stereocenters. The molecular weight excluding hydrogens is 481 g/mol. The molecule has 1 amide bonds. The Morgan fingerprint density at radius 2 is 1.76 bits per heavy atom. The molecule has 144 valence electrons. The predicted molar refractivity (Wildman–Crippen MR) is 122 cm³/mol. The number of nitrogens with one attached hydrogen (secondary N) is 1. The molecule has 0 saturated heterocycles. The van der Waals surface area contributed by atoms with Gasteiger partial charge in [-0.1, -0.05) is 12.1 Å². The van der Waals surface area contributed by atoms with Crippen molar-refractivity contribution in [3.63, 3.8) is 0 Å². The van der Waals surface area contributed by atoms with E-state index in [1.807, 2.05) is 18.2 Å². The van der Waals surface area contributed by atoms with Crippen LogP contribution < -0.4 is 15.5 Å². The third-order valence-electron chi connectivity index (χ3n) is 4.48. The largest absolute Gasteiger partial charge is 0.497 e. The second-order valence-corrected chi connectivity index (χ2v) is 7.51. The Bertz CT molecular complexity index is 1260. The van der Waals surface area contributed by atoms with Gasteiger partial charge in [0, 0.05) is 20.9 Å². The van der Waals surface area contributed by atoms with Crippen LogP contribution in [0.5, 0.6) is 5.75 Å². The molecule has 0 radical (unpaired) electrons. The number of anilines is 1. The van der Waals surface area contributed by atoms with Gasteiger partial charge in [-0.05, 0) is 77.2 Å². The van der Waals surface area contributed by atoms with Crippen LogP contribution in [0, 0.1) is 3.57 Å². The molecule has 5 nitrogen and oxygen atoms in total. The van der Waals surface area contributed by atoms with E-state index in [4.69, 9.17) is 9.15 Å². The van der Waals surface area contributed by atoms with Crippen LogP contribution in [0.25, 0.3) is 22.3 Å². The first kappa shape index (κ1) is 19.2. The fourth-order valence-corrected chi connectivity index (χ4v) is 3.60. The van der Waals surface area contributed by atoms with Crippen molar-refractivity contribution < 1.29 is 13.9 Å². The number of carbonyl (C=O) groups is 1. The molecule has 0 bridgehead atoms. The van der Waals surface area contributed by atoms with E-state index in [1.165, 1.54) is 6.07 Å². The van der Waals surface area contributed by atoms with E-state index in [2.05, 4.69) is 27.9 Å². The molecule has 3 aromatic carbocycles. The van der Waals surface area contributed by atoms with Crippen molar-refractivity contribution in [2.24, 2.45) is 0 Å². The lowest BCUT2D eigenvalue weighted by molar-refractivity contribution is 0.102. The molecule has 1 aromatic heterocycles. The first-order valence-electron chi connectivity index (χ1n) is 8.83. The van der Waals surface area contributed by atoms with E-state index in [1.54, 1.807) is 55.6 Å². The monoisotopic (exact) mass is 497 g/mol. The number of rotatable bonds is 4. The average molecular weight is 497 g/mol. The highest BCUT2D eigenvalue weighted by Crippen LogP contribution is 2.26. The molecule has 0 fully saturated rings. The maximum atomic E-state index is 12.5. The maximum absolute atomic E-state index is 12.5. The van der Waals surface area contributed by atoms with Gasteiger partial charge in [-0.2, -0.15) is 0 Å². The second kappa shape index (κ2) is 8.08. The molecule has 1 N–H and O–H groups in total. The quantitative estimate of drug-likeness (QED) is 0.388. The molecular formula is C23H16INO4. The Balaban J connectivity index is 1.60. The molecule has 1 heterocycles. The maximum Gasteiger partial charge on any atom is 0.256 e. The van der Waals surface area contributed by atoms with Gasteiger partial charge in [-0.15, -0.1) is 0 Å². The normalized spacial score (nSPS) is 10.7. The Hall–Kier alpha value is -3.13. The number of amides is 1. The van der Waals surface area contributed by atoms with Crippen molar-refractivity contribution in [3.05, 3.63) is 92.2 Å². The van der Waals surface area contributed by atoms with Gasteiger partial charge >= 0.3 is 0 Å². The molecule has 0 saturated carbocycles. The molecule has 4 rings (SSSR count). The topological polar surface area (TPSA) is 68.5 Å².